The molecule has 51 heavy (non-hydrogen) atoms. The predicted octanol–water partition coefficient (Wildman–Crippen LogP) is 12.4. The van der Waals surface area contributed by atoms with Crippen molar-refractivity contribution in [2.75, 3.05) is 0 Å². The molecular formula is C46H28N4S. The van der Waals surface area contributed by atoms with Crippen molar-refractivity contribution in [3.8, 4) is 34.0 Å². The minimum absolute atomic E-state index is 0.716. The Hall–Kier alpha value is -6.56. The summed E-state index contributed by atoms with van der Waals surface area (Å²) in [6.45, 7) is 0. The highest BCUT2D eigenvalue weighted by Gasteiger charge is 2.22. The SMILES string of the molecule is c1ccc(-c2nc(-c3ccccc3-n3c4ccccc4c4cc5c(cc43)c3ccccc3n5-c3ccccc3)nc3c2sc2ccccc23)cc1. The van der Waals surface area contributed by atoms with Crippen molar-refractivity contribution in [1.29, 1.82) is 0 Å². The molecule has 0 atom stereocenters. The largest absolute Gasteiger partial charge is 0.309 e. The summed E-state index contributed by atoms with van der Waals surface area (Å²) in [6, 6.07) is 60.6. The molecule has 0 fully saturated rings. The fraction of sp³-hybridized carbons (Fsp3) is 0. The van der Waals surface area contributed by atoms with Gasteiger partial charge in [-0.15, -0.1) is 11.3 Å². The summed E-state index contributed by atoms with van der Waals surface area (Å²) in [6.07, 6.45) is 0. The fourth-order valence-electron chi connectivity index (χ4n) is 7.91. The summed E-state index contributed by atoms with van der Waals surface area (Å²) in [7, 11) is 0. The van der Waals surface area contributed by atoms with E-state index in [9.17, 15) is 0 Å². The first-order valence-corrected chi connectivity index (χ1v) is 18.0. The van der Waals surface area contributed by atoms with E-state index in [0.29, 0.717) is 5.82 Å². The van der Waals surface area contributed by atoms with Gasteiger partial charge in [0.25, 0.3) is 0 Å². The summed E-state index contributed by atoms with van der Waals surface area (Å²) in [4.78, 5) is 10.7. The van der Waals surface area contributed by atoms with Crippen molar-refractivity contribution in [2.45, 2.75) is 0 Å². The molecule has 0 amide bonds. The molecule has 0 saturated carbocycles. The van der Waals surface area contributed by atoms with E-state index in [1.54, 1.807) is 11.3 Å². The molecule has 0 N–H and O–H groups in total. The summed E-state index contributed by atoms with van der Waals surface area (Å²) in [5.41, 5.74) is 10.9. The third kappa shape index (κ3) is 4.19. The van der Waals surface area contributed by atoms with Crippen LogP contribution in [-0.4, -0.2) is 19.1 Å². The third-order valence-corrected chi connectivity index (χ3v) is 11.3. The van der Waals surface area contributed by atoms with E-state index in [4.69, 9.17) is 9.97 Å². The van der Waals surface area contributed by atoms with Crippen molar-refractivity contribution in [1.82, 2.24) is 19.1 Å². The Kier molecular flexibility index (Phi) is 6.09. The van der Waals surface area contributed by atoms with Crippen LogP contribution in [0.15, 0.2) is 170 Å². The Labute approximate surface area is 297 Å². The normalized spacial score (nSPS) is 11.9. The lowest BCUT2D eigenvalue weighted by atomic mass is 10.1. The number of nitrogens with zero attached hydrogens (tertiary/aromatic N) is 4. The number of hydrogen-bond donors (Lipinski definition) is 0. The lowest BCUT2D eigenvalue weighted by Crippen LogP contribution is -2.00. The molecular weight excluding hydrogens is 641 g/mol. The van der Waals surface area contributed by atoms with Crippen LogP contribution in [0.5, 0.6) is 0 Å². The van der Waals surface area contributed by atoms with E-state index in [-0.39, 0.29) is 0 Å². The highest BCUT2D eigenvalue weighted by Crippen LogP contribution is 2.43. The Morgan fingerprint density at radius 2 is 1.00 bits per heavy atom. The molecule has 0 bridgehead atoms. The summed E-state index contributed by atoms with van der Waals surface area (Å²) in [5, 5.41) is 6.02. The Balaban J connectivity index is 1.23. The van der Waals surface area contributed by atoms with Crippen molar-refractivity contribution < 1.29 is 0 Å². The maximum atomic E-state index is 5.38. The van der Waals surface area contributed by atoms with Gasteiger partial charge in [-0.2, -0.15) is 0 Å². The molecule has 0 aliphatic rings. The second-order valence-corrected chi connectivity index (χ2v) is 14.0. The summed E-state index contributed by atoms with van der Waals surface area (Å²) in [5.74, 6) is 0.716. The van der Waals surface area contributed by atoms with Crippen LogP contribution in [0.4, 0.5) is 0 Å². The van der Waals surface area contributed by atoms with Gasteiger partial charge in [-0.1, -0.05) is 115 Å². The smallest absolute Gasteiger partial charge is 0.162 e. The number of para-hydroxylation sites is 4. The van der Waals surface area contributed by atoms with E-state index >= 15 is 0 Å². The van der Waals surface area contributed by atoms with Gasteiger partial charge >= 0.3 is 0 Å². The van der Waals surface area contributed by atoms with Crippen molar-refractivity contribution >= 4 is 75.3 Å². The molecule has 0 aliphatic carbocycles. The van der Waals surface area contributed by atoms with Crippen LogP contribution in [0.2, 0.25) is 0 Å². The molecule has 7 aromatic carbocycles. The summed E-state index contributed by atoms with van der Waals surface area (Å²) < 4.78 is 7.13. The highest BCUT2D eigenvalue weighted by molar-refractivity contribution is 7.26. The average Bonchev–Trinajstić information content (AvgIpc) is 3.85. The Morgan fingerprint density at radius 1 is 0.431 bits per heavy atom. The molecule has 0 saturated heterocycles. The number of hydrogen-bond acceptors (Lipinski definition) is 3. The van der Waals surface area contributed by atoms with Crippen LogP contribution >= 0.6 is 11.3 Å². The van der Waals surface area contributed by atoms with Crippen molar-refractivity contribution in [2.24, 2.45) is 0 Å². The molecule has 4 aromatic heterocycles. The second kappa shape index (κ2) is 11.0. The molecule has 238 valence electrons. The van der Waals surface area contributed by atoms with Gasteiger partial charge in [0.1, 0.15) is 0 Å². The van der Waals surface area contributed by atoms with Gasteiger partial charge in [-0.3, -0.25) is 0 Å². The standard InChI is InChI=1S/C46H28N4S/c1-3-15-29(16-4-1)43-45-44(34-22-10-14-26-42(34)51-45)48-46(47-43)33-21-9-13-25-39(33)50-38-24-12-8-20-32(38)36-27-40-35(28-41(36)50)31-19-7-11-23-37(31)49(40)30-17-5-2-6-18-30/h1-28H. The number of benzene rings is 7. The van der Waals surface area contributed by atoms with Crippen LogP contribution in [0.3, 0.4) is 0 Å². The van der Waals surface area contributed by atoms with Gasteiger partial charge in [-0.25, -0.2) is 9.97 Å². The van der Waals surface area contributed by atoms with E-state index < -0.39 is 0 Å². The van der Waals surface area contributed by atoms with Gasteiger partial charge < -0.3 is 9.13 Å². The third-order valence-electron chi connectivity index (χ3n) is 10.1. The zero-order valence-corrected chi connectivity index (χ0v) is 28.2. The average molecular weight is 669 g/mol. The van der Waals surface area contributed by atoms with E-state index in [2.05, 4.69) is 179 Å². The molecule has 0 spiro atoms. The van der Waals surface area contributed by atoms with Crippen molar-refractivity contribution in [3.05, 3.63) is 170 Å². The zero-order chi connectivity index (χ0) is 33.5. The molecule has 11 rings (SSSR count). The lowest BCUT2D eigenvalue weighted by Gasteiger charge is -2.14. The van der Waals surface area contributed by atoms with Crippen LogP contribution in [0.25, 0.3) is 97.9 Å². The zero-order valence-electron chi connectivity index (χ0n) is 27.4. The fourth-order valence-corrected chi connectivity index (χ4v) is 9.06. The number of thiophene rings is 1. The highest BCUT2D eigenvalue weighted by atomic mass is 32.1. The first-order valence-electron chi connectivity index (χ1n) is 17.2. The predicted molar refractivity (Wildman–Crippen MR) is 214 cm³/mol. The molecule has 11 aromatic rings. The lowest BCUT2D eigenvalue weighted by molar-refractivity contribution is 1.15. The number of fused-ring (bicyclic) bond motifs is 9. The topological polar surface area (TPSA) is 35.6 Å². The van der Waals surface area contributed by atoms with E-state index in [1.165, 1.54) is 37.3 Å². The van der Waals surface area contributed by atoms with E-state index in [0.717, 1.165) is 54.8 Å². The van der Waals surface area contributed by atoms with Gasteiger partial charge in [0.2, 0.25) is 0 Å². The molecule has 5 heteroatoms. The maximum absolute atomic E-state index is 5.38. The van der Waals surface area contributed by atoms with Crippen LogP contribution in [0.1, 0.15) is 0 Å². The Morgan fingerprint density at radius 3 is 1.75 bits per heavy atom. The Bertz CT molecular complexity index is 3130. The van der Waals surface area contributed by atoms with Gasteiger partial charge in [0, 0.05) is 48.4 Å². The van der Waals surface area contributed by atoms with Crippen LogP contribution in [-0.2, 0) is 0 Å². The monoisotopic (exact) mass is 668 g/mol. The second-order valence-electron chi connectivity index (χ2n) is 13.0. The number of aromatic nitrogens is 4. The first kappa shape index (κ1) is 28.3. The number of rotatable bonds is 4. The minimum Gasteiger partial charge on any atom is -0.309 e. The molecule has 4 nitrogen and oxygen atoms in total. The first-order chi connectivity index (χ1) is 25.3. The summed E-state index contributed by atoms with van der Waals surface area (Å²) >= 11 is 1.76. The van der Waals surface area contributed by atoms with Crippen LogP contribution in [0, 0.1) is 0 Å². The molecule has 0 radical (unpaired) electrons. The van der Waals surface area contributed by atoms with Gasteiger partial charge in [-0.05, 0) is 54.6 Å². The molecule has 0 unspecified atom stereocenters. The molecule has 0 aliphatic heterocycles. The van der Waals surface area contributed by atoms with Crippen molar-refractivity contribution in [3.63, 3.8) is 0 Å². The minimum atomic E-state index is 0.716. The van der Waals surface area contributed by atoms with Gasteiger partial charge in [0.05, 0.1) is 43.7 Å². The van der Waals surface area contributed by atoms with E-state index in [1.807, 2.05) is 0 Å². The molecule has 4 heterocycles. The van der Waals surface area contributed by atoms with Gasteiger partial charge in [0.15, 0.2) is 5.82 Å². The quantitative estimate of drug-likeness (QED) is 0.187. The maximum Gasteiger partial charge on any atom is 0.162 e. The van der Waals surface area contributed by atoms with Crippen LogP contribution < -0.4 is 0 Å².